The summed E-state index contributed by atoms with van der Waals surface area (Å²) in [6.45, 7) is 6.11. The number of carboxylic acids is 1. The van der Waals surface area contributed by atoms with Gasteiger partial charge in [0, 0.05) is 29.0 Å². The molecule has 0 aliphatic rings. The van der Waals surface area contributed by atoms with Crippen molar-refractivity contribution in [3.63, 3.8) is 0 Å². The van der Waals surface area contributed by atoms with E-state index < -0.39 is 5.97 Å². The maximum atomic E-state index is 12.3. The molecule has 0 heterocycles. The van der Waals surface area contributed by atoms with E-state index in [9.17, 15) is 14.7 Å². The summed E-state index contributed by atoms with van der Waals surface area (Å²) in [4.78, 5) is 23.7. The van der Waals surface area contributed by atoms with E-state index in [0.717, 1.165) is 11.1 Å². The Hall–Kier alpha value is -3.71. The molecule has 0 saturated carbocycles. The Kier molecular flexibility index (Phi) is 8.38. The maximum absolute atomic E-state index is 12.3. The summed E-state index contributed by atoms with van der Waals surface area (Å²) in [5, 5.41) is 15.8. The number of amides is 1. The highest BCUT2D eigenvalue weighted by atomic mass is 35.5. The number of carbonyl (C=O) groups is 2. The summed E-state index contributed by atoms with van der Waals surface area (Å²) in [5.74, 6) is -0.464. The maximum Gasteiger partial charge on any atom is 0.336 e. The first-order chi connectivity index (χ1) is 16.3. The number of hydrogen-bond donors (Lipinski definition) is 3. The van der Waals surface area contributed by atoms with Crippen LogP contribution in [0.15, 0.2) is 54.6 Å². The zero-order valence-corrected chi connectivity index (χ0v) is 20.0. The number of ether oxygens (including phenoxy) is 2. The molecule has 0 atom stereocenters. The molecule has 0 fully saturated rings. The van der Waals surface area contributed by atoms with Crippen LogP contribution in [0.5, 0.6) is 11.5 Å². The highest BCUT2D eigenvalue weighted by Crippen LogP contribution is 2.34. The number of nitrogens with one attached hydrogen (secondary N) is 2. The van der Waals surface area contributed by atoms with Crippen molar-refractivity contribution in [3.05, 3.63) is 81.9 Å². The van der Waals surface area contributed by atoms with Crippen molar-refractivity contribution in [1.82, 2.24) is 0 Å². The standard InChI is InChI=1S/C26H27ClN2O5/c1-4-33-23-12-18(14-28-22-7-5-6-20(17(22)3)26(31)32)21(27)13-24(23)34-15-25(30)29-19-10-8-16(2)9-11-19/h5-13,28H,4,14-15H2,1-3H3,(H,29,30)(H,31,32). The Morgan fingerprint density at radius 1 is 1.00 bits per heavy atom. The van der Waals surface area contributed by atoms with Crippen molar-refractivity contribution in [2.45, 2.75) is 27.3 Å². The Morgan fingerprint density at radius 2 is 1.71 bits per heavy atom. The first-order valence-electron chi connectivity index (χ1n) is 10.8. The number of rotatable bonds is 10. The lowest BCUT2D eigenvalue weighted by molar-refractivity contribution is -0.118. The molecule has 0 unspecified atom stereocenters. The van der Waals surface area contributed by atoms with Crippen LogP contribution in [0.25, 0.3) is 0 Å². The summed E-state index contributed by atoms with van der Waals surface area (Å²) in [5.41, 5.74) is 4.09. The predicted molar refractivity (Wildman–Crippen MR) is 133 cm³/mol. The normalized spacial score (nSPS) is 10.5. The highest BCUT2D eigenvalue weighted by Gasteiger charge is 2.15. The first-order valence-corrected chi connectivity index (χ1v) is 11.2. The molecular formula is C26H27ClN2O5. The van der Waals surface area contributed by atoms with E-state index in [0.29, 0.717) is 46.6 Å². The molecule has 0 spiro atoms. The SMILES string of the molecule is CCOc1cc(CNc2cccc(C(=O)O)c2C)c(Cl)cc1OCC(=O)Nc1ccc(C)cc1. The zero-order valence-electron chi connectivity index (χ0n) is 19.3. The van der Waals surface area contributed by atoms with Crippen LogP contribution in [-0.4, -0.2) is 30.2 Å². The van der Waals surface area contributed by atoms with Crippen LogP contribution in [0.1, 0.15) is 34.0 Å². The van der Waals surface area contributed by atoms with E-state index in [4.69, 9.17) is 21.1 Å². The predicted octanol–water partition coefficient (Wildman–Crippen LogP) is 5.68. The fourth-order valence-electron chi connectivity index (χ4n) is 3.32. The van der Waals surface area contributed by atoms with Crippen LogP contribution < -0.4 is 20.1 Å². The molecule has 3 rings (SSSR count). The van der Waals surface area contributed by atoms with Gasteiger partial charge in [-0.3, -0.25) is 4.79 Å². The van der Waals surface area contributed by atoms with Crippen LogP contribution in [0.3, 0.4) is 0 Å². The molecule has 3 N–H and O–H groups in total. The summed E-state index contributed by atoms with van der Waals surface area (Å²) >= 11 is 6.48. The summed E-state index contributed by atoms with van der Waals surface area (Å²) < 4.78 is 11.4. The summed E-state index contributed by atoms with van der Waals surface area (Å²) in [6.07, 6.45) is 0. The lowest BCUT2D eigenvalue weighted by Crippen LogP contribution is -2.20. The Balaban J connectivity index is 1.70. The van der Waals surface area contributed by atoms with E-state index in [-0.39, 0.29) is 18.1 Å². The minimum absolute atomic E-state index is 0.205. The molecule has 8 heteroatoms. The first kappa shape index (κ1) is 24.9. The monoisotopic (exact) mass is 482 g/mol. The van der Waals surface area contributed by atoms with Gasteiger partial charge in [-0.2, -0.15) is 0 Å². The molecule has 0 bridgehead atoms. The number of carbonyl (C=O) groups excluding carboxylic acids is 1. The van der Waals surface area contributed by atoms with Crippen molar-refractivity contribution in [1.29, 1.82) is 0 Å². The minimum Gasteiger partial charge on any atom is -0.490 e. The number of anilines is 2. The Morgan fingerprint density at radius 3 is 2.38 bits per heavy atom. The third-order valence-corrected chi connectivity index (χ3v) is 5.49. The van der Waals surface area contributed by atoms with Crippen LogP contribution in [0, 0.1) is 13.8 Å². The van der Waals surface area contributed by atoms with Gasteiger partial charge in [0.2, 0.25) is 0 Å². The number of halogens is 1. The number of carboxylic acid groups (broad SMARTS) is 1. The molecule has 3 aromatic rings. The van der Waals surface area contributed by atoms with Crippen LogP contribution >= 0.6 is 11.6 Å². The fourth-order valence-corrected chi connectivity index (χ4v) is 3.54. The van der Waals surface area contributed by atoms with Gasteiger partial charge < -0.3 is 25.2 Å². The molecule has 0 aliphatic heterocycles. The second-order valence-corrected chi connectivity index (χ2v) is 8.07. The van der Waals surface area contributed by atoms with Gasteiger partial charge in [-0.15, -0.1) is 0 Å². The van der Waals surface area contributed by atoms with E-state index in [1.165, 1.54) is 0 Å². The largest absolute Gasteiger partial charge is 0.490 e. The lowest BCUT2D eigenvalue weighted by Gasteiger charge is -2.16. The van der Waals surface area contributed by atoms with Crippen LogP contribution in [0.4, 0.5) is 11.4 Å². The second-order valence-electron chi connectivity index (χ2n) is 7.66. The third-order valence-electron chi connectivity index (χ3n) is 5.14. The molecule has 3 aromatic carbocycles. The van der Waals surface area contributed by atoms with Crippen LogP contribution in [0.2, 0.25) is 5.02 Å². The average Bonchev–Trinajstić information content (AvgIpc) is 2.80. The van der Waals surface area contributed by atoms with Gasteiger partial charge in [-0.05, 0) is 62.2 Å². The molecule has 0 saturated heterocycles. The van der Waals surface area contributed by atoms with Crippen molar-refractivity contribution in [3.8, 4) is 11.5 Å². The van der Waals surface area contributed by atoms with E-state index in [1.807, 2.05) is 44.2 Å². The van der Waals surface area contributed by atoms with E-state index in [2.05, 4.69) is 10.6 Å². The molecule has 7 nitrogen and oxygen atoms in total. The van der Waals surface area contributed by atoms with Gasteiger partial charge in [-0.1, -0.05) is 35.4 Å². The van der Waals surface area contributed by atoms with Gasteiger partial charge in [0.1, 0.15) is 0 Å². The van der Waals surface area contributed by atoms with Crippen LogP contribution in [-0.2, 0) is 11.3 Å². The van der Waals surface area contributed by atoms with Gasteiger partial charge >= 0.3 is 5.97 Å². The van der Waals surface area contributed by atoms with Gasteiger partial charge in [0.05, 0.1) is 12.2 Å². The minimum atomic E-state index is -0.981. The molecule has 178 valence electrons. The molecular weight excluding hydrogens is 456 g/mol. The van der Waals surface area contributed by atoms with Gasteiger partial charge in [-0.25, -0.2) is 4.79 Å². The number of benzene rings is 3. The zero-order chi connectivity index (χ0) is 24.7. The number of aryl methyl sites for hydroxylation is 1. The van der Waals surface area contributed by atoms with E-state index in [1.54, 1.807) is 31.2 Å². The van der Waals surface area contributed by atoms with Crippen molar-refractivity contribution in [2.75, 3.05) is 23.8 Å². The smallest absolute Gasteiger partial charge is 0.336 e. The summed E-state index contributed by atoms with van der Waals surface area (Å²) in [6, 6.07) is 15.9. The second kappa shape index (κ2) is 11.4. The van der Waals surface area contributed by atoms with E-state index >= 15 is 0 Å². The quantitative estimate of drug-likeness (QED) is 0.344. The number of hydrogen-bond acceptors (Lipinski definition) is 5. The number of aromatic carboxylic acids is 1. The highest BCUT2D eigenvalue weighted by molar-refractivity contribution is 6.31. The average molecular weight is 483 g/mol. The summed E-state index contributed by atoms with van der Waals surface area (Å²) in [7, 11) is 0. The topological polar surface area (TPSA) is 96.9 Å². The molecule has 0 aromatic heterocycles. The Labute approximate surface area is 203 Å². The molecule has 34 heavy (non-hydrogen) atoms. The van der Waals surface area contributed by atoms with Gasteiger partial charge in [0.25, 0.3) is 5.91 Å². The fraction of sp³-hybridized carbons (Fsp3) is 0.231. The molecule has 1 amide bonds. The van der Waals surface area contributed by atoms with Crippen molar-refractivity contribution in [2.24, 2.45) is 0 Å². The van der Waals surface area contributed by atoms with Crippen molar-refractivity contribution < 1.29 is 24.2 Å². The molecule has 0 aliphatic carbocycles. The molecule has 0 radical (unpaired) electrons. The van der Waals surface area contributed by atoms with Gasteiger partial charge in [0.15, 0.2) is 18.1 Å². The van der Waals surface area contributed by atoms with Crippen molar-refractivity contribution >= 4 is 34.9 Å². The third kappa shape index (κ3) is 6.42. The lowest BCUT2D eigenvalue weighted by atomic mass is 10.1. The Bertz CT molecular complexity index is 1180.